The summed E-state index contributed by atoms with van der Waals surface area (Å²) in [6, 6.07) is 49.9. The Kier molecular flexibility index (Phi) is 6.55. The van der Waals surface area contributed by atoms with Crippen molar-refractivity contribution in [3.05, 3.63) is 163 Å². The van der Waals surface area contributed by atoms with Gasteiger partial charge in [0.05, 0.1) is 17.2 Å². The Bertz CT molecular complexity index is 2530. The van der Waals surface area contributed by atoms with Crippen molar-refractivity contribution in [3.8, 4) is 0 Å². The Morgan fingerprint density at radius 2 is 1.12 bits per heavy atom. The maximum atomic E-state index is 2.54. The lowest BCUT2D eigenvalue weighted by atomic mass is 9.87. The number of aromatic nitrogens is 1. The molecule has 1 aromatic heterocycles. The number of nitrogens with zero attached hydrogens (tertiary/aromatic N) is 2. The van der Waals surface area contributed by atoms with Crippen LogP contribution in [0, 0.1) is 0 Å². The van der Waals surface area contributed by atoms with Crippen LogP contribution in [-0.2, 0) is 5.41 Å². The van der Waals surface area contributed by atoms with Gasteiger partial charge in [0.2, 0.25) is 0 Å². The molecule has 1 aliphatic carbocycles. The first kappa shape index (κ1) is 28.6. The zero-order chi connectivity index (χ0) is 32.4. The fourth-order valence-electron chi connectivity index (χ4n) is 7.90. The van der Waals surface area contributed by atoms with E-state index in [2.05, 4.69) is 188 Å². The summed E-state index contributed by atoms with van der Waals surface area (Å²) >= 11 is 0. The van der Waals surface area contributed by atoms with Crippen LogP contribution in [0.25, 0.3) is 54.1 Å². The van der Waals surface area contributed by atoms with E-state index in [4.69, 9.17) is 0 Å². The number of benzene rings is 7. The average molecular weight is 619 g/mol. The van der Waals surface area contributed by atoms with E-state index in [0.29, 0.717) is 0 Å². The molecule has 0 saturated carbocycles. The van der Waals surface area contributed by atoms with Crippen LogP contribution in [0.5, 0.6) is 0 Å². The first-order chi connectivity index (χ1) is 23.5. The van der Waals surface area contributed by atoms with Crippen LogP contribution in [-0.4, -0.2) is 4.57 Å². The second kappa shape index (κ2) is 11.0. The molecule has 0 amide bonds. The fourth-order valence-corrected chi connectivity index (χ4v) is 7.90. The summed E-state index contributed by atoms with van der Waals surface area (Å²) in [5.41, 5.74) is 7.41. The highest BCUT2D eigenvalue weighted by Crippen LogP contribution is 2.46. The summed E-state index contributed by atoms with van der Waals surface area (Å²) in [6.45, 7) is 6.84. The molecule has 0 bridgehead atoms. The lowest BCUT2D eigenvalue weighted by molar-refractivity contribution is 0.590. The van der Waals surface area contributed by atoms with E-state index in [9.17, 15) is 0 Å². The molecule has 0 spiro atoms. The average Bonchev–Trinajstić information content (AvgIpc) is 3.46. The van der Waals surface area contributed by atoms with E-state index in [1.807, 2.05) is 0 Å². The SMILES string of the molecule is CC(C)(C)c1ccc(N(c2ccc3c4ccccc4n(C4C=CC=CC4)c3c2)c2cccc3c4ccccc4c4ccccc4c23)cc1. The van der Waals surface area contributed by atoms with Gasteiger partial charge in [-0.3, -0.25) is 0 Å². The third-order valence-electron chi connectivity index (χ3n) is 10.2. The van der Waals surface area contributed by atoms with Crippen molar-refractivity contribution in [1.82, 2.24) is 4.57 Å². The highest BCUT2D eigenvalue weighted by atomic mass is 15.1. The Labute approximate surface area is 281 Å². The van der Waals surface area contributed by atoms with Gasteiger partial charge in [0.1, 0.15) is 0 Å². The van der Waals surface area contributed by atoms with Crippen molar-refractivity contribution < 1.29 is 0 Å². The van der Waals surface area contributed by atoms with E-state index in [0.717, 1.165) is 17.8 Å². The van der Waals surface area contributed by atoms with Gasteiger partial charge in [-0.1, -0.05) is 142 Å². The molecule has 1 aliphatic rings. The molecule has 0 radical (unpaired) electrons. The maximum absolute atomic E-state index is 2.54. The molecule has 1 unspecified atom stereocenters. The molecule has 7 aromatic carbocycles. The van der Waals surface area contributed by atoms with Crippen LogP contribution in [0.4, 0.5) is 17.1 Å². The van der Waals surface area contributed by atoms with Gasteiger partial charge in [-0.2, -0.15) is 0 Å². The maximum Gasteiger partial charge on any atom is 0.0560 e. The number of allylic oxidation sites excluding steroid dienone is 4. The van der Waals surface area contributed by atoms with E-state index in [-0.39, 0.29) is 11.5 Å². The standard InChI is InChI=1S/C46H38N2/c1-46(2,3)31-24-26-33(27-25-31)47(43-23-13-21-41-37-17-8-7-16-35(37)36-18-9-10-20-40(36)45(41)43)34-28-29-39-38-19-11-12-22-42(38)48(44(39)30-34)32-14-5-4-6-15-32/h4-14,16-30,32H,15H2,1-3H3. The van der Waals surface area contributed by atoms with Gasteiger partial charge in [-0.25, -0.2) is 0 Å². The Balaban J connectivity index is 1.37. The van der Waals surface area contributed by atoms with E-state index in [1.54, 1.807) is 0 Å². The third kappa shape index (κ3) is 4.47. The van der Waals surface area contributed by atoms with Crippen molar-refractivity contribution in [1.29, 1.82) is 0 Å². The molecule has 0 saturated heterocycles. The third-order valence-corrected chi connectivity index (χ3v) is 10.2. The zero-order valence-electron chi connectivity index (χ0n) is 27.7. The fraction of sp³-hybridized carbons (Fsp3) is 0.130. The van der Waals surface area contributed by atoms with Gasteiger partial charge < -0.3 is 9.47 Å². The van der Waals surface area contributed by atoms with Crippen molar-refractivity contribution in [2.75, 3.05) is 4.90 Å². The molecular weight excluding hydrogens is 581 g/mol. The van der Waals surface area contributed by atoms with Crippen LogP contribution < -0.4 is 4.90 Å². The van der Waals surface area contributed by atoms with Crippen LogP contribution in [0.15, 0.2) is 158 Å². The normalized spacial score (nSPS) is 14.9. The van der Waals surface area contributed by atoms with Crippen molar-refractivity contribution >= 4 is 71.2 Å². The molecule has 9 rings (SSSR count). The quantitative estimate of drug-likeness (QED) is 0.178. The lowest BCUT2D eigenvalue weighted by Crippen LogP contribution is -2.14. The summed E-state index contributed by atoms with van der Waals surface area (Å²) in [5.74, 6) is 0. The smallest absolute Gasteiger partial charge is 0.0560 e. The number of fused-ring (bicyclic) bond motifs is 9. The number of para-hydroxylation sites is 1. The molecule has 0 aliphatic heterocycles. The molecular formula is C46H38N2. The molecule has 1 atom stereocenters. The van der Waals surface area contributed by atoms with Gasteiger partial charge in [0.15, 0.2) is 0 Å². The first-order valence-electron chi connectivity index (χ1n) is 17.1. The minimum atomic E-state index is 0.0692. The van der Waals surface area contributed by atoms with Gasteiger partial charge in [0.25, 0.3) is 0 Å². The van der Waals surface area contributed by atoms with Crippen molar-refractivity contribution in [3.63, 3.8) is 0 Å². The second-order valence-corrected chi connectivity index (χ2v) is 14.1. The Morgan fingerprint density at radius 1 is 0.542 bits per heavy atom. The Hall–Kier alpha value is -5.60. The second-order valence-electron chi connectivity index (χ2n) is 14.1. The van der Waals surface area contributed by atoms with Crippen molar-refractivity contribution in [2.24, 2.45) is 0 Å². The molecule has 2 nitrogen and oxygen atoms in total. The number of hydrogen-bond acceptors (Lipinski definition) is 1. The molecule has 2 heteroatoms. The van der Waals surface area contributed by atoms with Crippen LogP contribution in [0.1, 0.15) is 38.8 Å². The number of anilines is 3. The predicted molar refractivity (Wildman–Crippen MR) is 207 cm³/mol. The topological polar surface area (TPSA) is 8.17 Å². The zero-order valence-corrected chi connectivity index (χ0v) is 27.7. The lowest BCUT2D eigenvalue weighted by Gasteiger charge is -2.29. The number of hydrogen-bond donors (Lipinski definition) is 0. The highest BCUT2D eigenvalue weighted by Gasteiger charge is 2.23. The van der Waals surface area contributed by atoms with Crippen LogP contribution in [0.3, 0.4) is 0 Å². The van der Waals surface area contributed by atoms with Gasteiger partial charge >= 0.3 is 0 Å². The van der Waals surface area contributed by atoms with Crippen LogP contribution in [0.2, 0.25) is 0 Å². The van der Waals surface area contributed by atoms with Gasteiger partial charge in [-0.15, -0.1) is 0 Å². The summed E-state index contributed by atoms with van der Waals surface area (Å²) < 4.78 is 2.54. The minimum absolute atomic E-state index is 0.0692. The first-order valence-corrected chi connectivity index (χ1v) is 17.1. The highest BCUT2D eigenvalue weighted by molar-refractivity contribution is 6.28. The minimum Gasteiger partial charge on any atom is -0.333 e. The van der Waals surface area contributed by atoms with E-state index in [1.165, 1.54) is 65.4 Å². The molecule has 48 heavy (non-hydrogen) atoms. The largest absolute Gasteiger partial charge is 0.333 e. The van der Waals surface area contributed by atoms with Crippen molar-refractivity contribution in [2.45, 2.75) is 38.6 Å². The summed E-state index contributed by atoms with van der Waals surface area (Å²) in [4.78, 5) is 2.48. The van der Waals surface area contributed by atoms with Crippen LogP contribution >= 0.6 is 0 Å². The molecule has 0 N–H and O–H groups in total. The summed E-state index contributed by atoms with van der Waals surface area (Å²) in [7, 11) is 0. The molecule has 0 fully saturated rings. The summed E-state index contributed by atoms with van der Waals surface area (Å²) in [5, 5.41) is 10.2. The molecule has 8 aromatic rings. The predicted octanol–water partition coefficient (Wildman–Crippen LogP) is 13.1. The van der Waals surface area contributed by atoms with E-state index < -0.39 is 0 Å². The molecule has 1 heterocycles. The number of rotatable bonds is 4. The Morgan fingerprint density at radius 3 is 1.79 bits per heavy atom. The van der Waals surface area contributed by atoms with Gasteiger partial charge in [-0.05, 0) is 80.7 Å². The summed E-state index contributed by atoms with van der Waals surface area (Å²) in [6.07, 6.45) is 9.95. The van der Waals surface area contributed by atoms with E-state index >= 15 is 0 Å². The monoisotopic (exact) mass is 618 g/mol. The van der Waals surface area contributed by atoms with Gasteiger partial charge in [0, 0.05) is 33.1 Å². The molecule has 232 valence electrons.